The van der Waals surface area contributed by atoms with Gasteiger partial charge in [0.25, 0.3) is 0 Å². The van der Waals surface area contributed by atoms with E-state index in [-0.39, 0.29) is 5.60 Å². The van der Waals surface area contributed by atoms with Gasteiger partial charge in [0.2, 0.25) is 0 Å². The van der Waals surface area contributed by atoms with Gasteiger partial charge in [-0.3, -0.25) is 0 Å². The van der Waals surface area contributed by atoms with Gasteiger partial charge in [0.05, 0.1) is 25.0 Å². The topological polar surface area (TPSA) is 34.4 Å². The monoisotopic (exact) mass is 225 g/mol. The molecule has 3 nitrogen and oxygen atoms in total. The standard InChI is InChI=1S/C13H23NO2/c1-5-7-14-9-12-11(6-8-15-12)10-16-13(2,3)4/h6,8,14H,5,7,9-10H2,1-4H3. The highest BCUT2D eigenvalue weighted by atomic mass is 16.5. The van der Waals surface area contributed by atoms with E-state index in [1.165, 1.54) is 0 Å². The fraction of sp³-hybridized carbons (Fsp3) is 0.692. The summed E-state index contributed by atoms with van der Waals surface area (Å²) in [5, 5.41) is 3.33. The van der Waals surface area contributed by atoms with E-state index in [2.05, 4.69) is 33.0 Å². The van der Waals surface area contributed by atoms with Crippen LogP contribution in [-0.4, -0.2) is 12.1 Å². The van der Waals surface area contributed by atoms with E-state index in [1.807, 2.05) is 6.07 Å². The lowest BCUT2D eigenvalue weighted by molar-refractivity contribution is -0.0155. The number of hydrogen-bond donors (Lipinski definition) is 1. The van der Waals surface area contributed by atoms with Crippen molar-refractivity contribution in [3.05, 3.63) is 23.7 Å². The van der Waals surface area contributed by atoms with Gasteiger partial charge in [-0.25, -0.2) is 0 Å². The molecule has 0 saturated heterocycles. The third-order valence-corrected chi connectivity index (χ3v) is 2.21. The van der Waals surface area contributed by atoms with Crippen LogP contribution in [0.2, 0.25) is 0 Å². The molecule has 0 aliphatic carbocycles. The first kappa shape index (κ1) is 13.3. The fourth-order valence-electron chi connectivity index (χ4n) is 1.32. The Morgan fingerprint density at radius 2 is 2.12 bits per heavy atom. The van der Waals surface area contributed by atoms with Gasteiger partial charge < -0.3 is 14.5 Å². The highest BCUT2D eigenvalue weighted by Gasteiger charge is 2.13. The van der Waals surface area contributed by atoms with Gasteiger partial charge in [0.15, 0.2) is 0 Å². The third kappa shape index (κ3) is 4.81. The Kier molecular flexibility index (Phi) is 5.03. The van der Waals surface area contributed by atoms with Crippen LogP contribution in [-0.2, 0) is 17.9 Å². The van der Waals surface area contributed by atoms with Crippen LogP contribution >= 0.6 is 0 Å². The molecule has 0 fully saturated rings. The van der Waals surface area contributed by atoms with Crippen molar-refractivity contribution in [1.82, 2.24) is 5.32 Å². The molecule has 1 aromatic rings. The van der Waals surface area contributed by atoms with Crippen molar-refractivity contribution in [2.45, 2.75) is 52.9 Å². The van der Waals surface area contributed by atoms with E-state index in [9.17, 15) is 0 Å². The average molecular weight is 225 g/mol. The van der Waals surface area contributed by atoms with Crippen LogP contribution in [0.5, 0.6) is 0 Å². The molecular formula is C13H23NO2. The van der Waals surface area contributed by atoms with Crippen LogP contribution in [0.25, 0.3) is 0 Å². The van der Waals surface area contributed by atoms with Crippen molar-refractivity contribution in [3.8, 4) is 0 Å². The summed E-state index contributed by atoms with van der Waals surface area (Å²) in [6.45, 7) is 10.7. The molecule has 0 aliphatic heterocycles. The summed E-state index contributed by atoms with van der Waals surface area (Å²) < 4.78 is 11.2. The third-order valence-electron chi connectivity index (χ3n) is 2.21. The van der Waals surface area contributed by atoms with E-state index in [0.29, 0.717) is 6.61 Å². The number of ether oxygens (including phenoxy) is 1. The summed E-state index contributed by atoms with van der Waals surface area (Å²) in [7, 11) is 0. The number of nitrogens with one attached hydrogen (secondary N) is 1. The molecule has 0 aromatic carbocycles. The smallest absolute Gasteiger partial charge is 0.123 e. The maximum atomic E-state index is 5.73. The van der Waals surface area contributed by atoms with Crippen LogP contribution in [0.3, 0.4) is 0 Å². The Labute approximate surface area is 98.2 Å². The van der Waals surface area contributed by atoms with Gasteiger partial charge >= 0.3 is 0 Å². The molecule has 0 amide bonds. The first-order valence-corrected chi connectivity index (χ1v) is 5.93. The van der Waals surface area contributed by atoms with Gasteiger partial charge in [-0.2, -0.15) is 0 Å². The number of hydrogen-bond acceptors (Lipinski definition) is 3. The van der Waals surface area contributed by atoms with Crippen LogP contribution in [0.4, 0.5) is 0 Å². The molecule has 0 unspecified atom stereocenters. The zero-order chi connectivity index (χ0) is 12.0. The lowest BCUT2D eigenvalue weighted by atomic mass is 10.2. The highest BCUT2D eigenvalue weighted by Crippen LogP contribution is 2.16. The Morgan fingerprint density at radius 1 is 1.38 bits per heavy atom. The second kappa shape index (κ2) is 6.06. The van der Waals surface area contributed by atoms with Crippen molar-refractivity contribution in [1.29, 1.82) is 0 Å². The normalized spacial score (nSPS) is 12.0. The minimum absolute atomic E-state index is 0.106. The first-order valence-electron chi connectivity index (χ1n) is 5.93. The van der Waals surface area contributed by atoms with Crippen LogP contribution in [0.1, 0.15) is 45.4 Å². The number of rotatable bonds is 6. The summed E-state index contributed by atoms with van der Waals surface area (Å²) in [5.41, 5.74) is 1.03. The summed E-state index contributed by atoms with van der Waals surface area (Å²) in [4.78, 5) is 0. The van der Waals surface area contributed by atoms with Crippen molar-refractivity contribution in [2.75, 3.05) is 6.54 Å². The lowest BCUT2D eigenvalue weighted by Gasteiger charge is -2.19. The molecule has 1 aromatic heterocycles. The summed E-state index contributed by atoms with van der Waals surface area (Å²) in [6.07, 6.45) is 2.86. The van der Waals surface area contributed by atoms with Crippen molar-refractivity contribution in [2.24, 2.45) is 0 Å². The zero-order valence-electron chi connectivity index (χ0n) is 10.8. The van der Waals surface area contributed by atoms with Crippen LogP contribution in [0.15, 0.2) is 16.7 Å². The van der Waals surface area contributed by atoms with Crippen LogP contribution < -0.4 is 5.32 Å². The lowest BCUT2D eigenvalue weighted by Crippen LogP contribution is -2.19. The predicted octanol–water partition coefficient (Wildman–Crippen LogP) is 3.09. The Morgan fingerprint density at radius 3 is 2.75 bits per heavy atom. The predicted molar refractivity (Wildman–Crippen MR) is 65.2 cm³/mol. The van der Waals surface area contributed by atoms with Crippen molar-refractivity contribution >= 4 is 0 Å². The van der Waals surface area contributed by atoms with E-state index in [0.717, 1.165) is 30.8 Å². The summed E-state index contributed by atoms with van der Waals surface area (Å²) in [5.74, 6) is 0.984. The Balaban J connectivity index is 2.44. The fourth-order valence-corrected chi connectivity index (χ4v) is 1.32. The van der Waals surface area contributed by atoms with Crippen molar-refractivity contribution < 1.29 is 9.15 Å². The van der Waals surface area contributed by atoms with Gasteiger partial charge in [-0.05, 0) is 39.8 Å². The molecule has 0 radical (unpaired) electrons. The molecule has 92 valence electrons. The van der Waals surface area contributed by atoms with Crippen LogP contribution in [0, 0.1) is 0 Å². The molecule has 1 heterocycles. The second-order valence-corrected chi connectivity index (χ2v) is 4.95. The Hall–Kier alpha value is -0.800. The van der Waals surface area contributed by atoms with Crippen molar-refractivity contribution in [3.63, 3.8) is 0 Å². The molecule has 3 heteroatoms. The molecule has 0 aliphatic rings. The van der Waals surface area contributed by atoms with E-state index >= 15 is 0 Å². The zero-order valence-corrected chi connectivity index (χ0v) is 10.8. The van der Waals surface area contributed by atoms with E-state index in [4.69, 9.17) is 9.15 Å². The second-order valence-electron chi connectivity index (χ2n) is 4.95. The SMILES string of the molecule is CCCNCc1occc1COC(C)(C)C. The molecule has 0 bridgehead atoms. The first-order chi connectivity index (χ1) is 7.53. The maximum Gasteiger partial charge on any atom is 0.123 e. The molecule has 16 heavy (non-hydrogen) atoms. The average Bonchev–Trinajstić information content (AvgIpc) is 2.62. The number of furan rings is 1. The minimum atomic E-state index is -0.106. The highest BCUT2D eigenvalue weighted by molar-refractivity contribution is 5.15. The van der Waals surface area contributed by atoms with Gasteiger partial charge in [0.1, 0.15) is 5.76 Å². The molecule has 1 rings (SSSR count). The largest absolute Gasteiger partial charge is 0.468 e. The molecule has 0 spiro atoms. The molecular weight excluding hydrogens is 202 g/mol. The summed E-state index contributed by atoms with van der Waals surface area (Å²) >= 11 is 0. The quantitative estimate of drug-likeness (QED) is 0.755. The van der Waals surface area contributed by atoms with Gasteiger partial charge in [0, 0.05) is 5.56 Å². The summed E-state index contributed by atoms with van der Waals surface area (Å²) in [6, 6.07) is 1.98. The van der Waals surface area contributed by atoms with E-state index < -0.39 is 0 Å². The Bertz CT molecular complexity index is 299. The van der Waals surface area contributed by atoms with Gasteiger partial charge in [-0.1, -0.05) is 6.92 Å². The van der Waals surface area contributed by atoms with E-state index in [1.54, 1.807) is 6.26 Å². The molecule has 1 N–H and O–H groups in total. The van der Waals surface area contributed by atoms with Gasteiger partial charge in [-0.15, -0.1) is 0 Å². The maximum absolute atomic E-state index is 5.73. The molecule has 0 atom stereocenters. The molecule has 0 saturated carbocycles. The minimum Gasteiger partial charge on any atom is -0.468 e.